The van der Waals surface area contributed by atoms with Gasteiger partial charge in [0.15, 0.2) is 0 Å². The average molecular weight is 441 g/mol. The summed E-state index contributed by atoms with van der Waals surface area (Å²) in [6.07, 6.45) is 0.789. The van der Waals surface area contributed by atoms with Crippen LogP contribution < -0.4 is 5.73 Å². The van der Waals surface area contributed by atoms with E-state index in [4.69, 9.17) is 15.6 Å². The van der Waals surface area contributed by atoms with Crippen molar-refractivity contribution < 1.29 is 27.9 Å². The second-order valence-corrected chi connectivity index (χ2v) is 10.2. The fourth-order valence-corrected chi connectivity index (χ4v) is 5.91. The fraction of sp³-hybridized carbons (Fsp3) is 0.619. The number of rotatable bonds is 8. The van der Waals surface area contributed by atoms with Crippen molar-refractivity contribution in [3.05, 3.63) is 28.8 Å². The maximum absolute atomic E-state index is 13.1. The lowest BCUT2D eigenvalue weighted by Gasteiger charge is -2.32. The summed E-state index contributed by atoms with van der Waals surface area (Å²) in [6, 6.07) is 2.73. The van der Waals surface area contributed by atoms with Gasteiger partial charge < -0.3 is 15.6 Å². The van der Waals surface area contributed by atoms with Gasteiger partial charge in [0.1, 0.15) is 12.1 Å². The molecule has 0 aromatic heterocycles. The molecule has 0 spiro atoms. The number of hydrogen-bond acceptors (Lipinski definition) is 6. The van der Waals surface area contributed by atoms with E-state index in [9.17, 15) is 18.0 Å². The lowest BCUT2D eigenvalue weighted by Crippen LogP contribution is -2.42. The predicted molar refractivity (Wildman–Crippen MR) is 113 cm³/mol. The van der Waals surface area contributed by atoms with Crippen molar-refractivity contribution in [2.45, 2.75) is 70.4 Å². The molecule has 1 heterocycles. The molecule has 1 saturated heterocycles. The Morgan fingerprint density at radius 1 is 1.20 bits per heavy atom. The largest absolute Gasteiger partial charge is 0.480 e. The van der Waals surface area contributed by atoms with Gasteiger partial charge in [-0.2, -0.15) is 4.31 Å². The highest BCUT2D eigenvalue weighted by Gasteiger charge is 2.33. The second-order valence-electron chi connectivity index (χ2n) is 8.31. The SMILES string of the molecule is Cc1cc(C)c(S(=O)(=O)N2CCC(OC(=O)CC(C)C[C@H](N)C(=O)O)CC2)c(C)c1. The van der Waals surface area contributed by atoms with Gasteiger partial charge in [-0.3, -0.25) is 9.59 Å². The molecule has 9 heteroatoms. The minimum atomic E-state index is -3.61. The van der Waals surface area contributed by atoms with Gasteiger partial charge in [0, 0.05) is 19.5 Å². The number of carboxylic acids is 1. The fourth-order valence-electron chi connectivity index (χ4n) is 4.03. The van der Waals surface area contributed by atoms with Crippen LogP contribution in [-0.2, 0) is 24.3 Å². The Morgan fingerprint density at radius 2 is 1.73 bits per heavy atom. The molecule has 0 aliphatic carbocycles. The van der Waals surface area contributed by atoms with Gasteiger partial charge in [-0.25, -0.2) is 8.42 Å². The smallest absolute Gasteiger partial charge is 0.320 e. The molecule has 0 amide bonds. The Bertz CT molecular complexity index is 868. The van der Waals surface area contributed by atoms with Crippen molar-refractivity contribution in [3.8, 4) is 0 Å². The van der Waals surface area contributed by atoms with E-state index in [1.807, 2.05) is 19.1 Å². The maximum atomic E-state index is 13.1. The Morgan fingerprint density at radius 3 is 2.23 bits per heavy atom. The zero-order valence-corrected chi connectivity index (χ0v) is 18.9. The number of hydrogen-bond donors (Lipinski definition) is 2. The highest BCUT2D eigenvalue weighted by molar-refractivity contribution is 7.89. The number of aliphatic carboxylic acids is 1. The number of sulfonamides is 1. The second kappa shape index (κ2) is 9.89. The summed E-state index contributed by atoms with van der Waals surface area (Å²) in [5.41, 5.74) is 7.98. The maximum Gasteiger partial charge on any atom is 0.320 e. The number of nitrogens with zero attached hydrogens (tertiary/aromatic N) is 1. The van der Waals surface area contributed by atoms with Crippen LogP contribution in [0.5, 0.6) is 0 Å². The molecule has 1 aliphatic heterocycles. The number of esters is 1. The minimum absolute atomic E-state index is 0.0846. The molecule has 2 rings (SSSR count). The summed E-state index contributed by atoms with van der Waals surface area (Å²) in [6.45, 7) is 7.87. The number of carboxylic acid groups (broad SMARTS) is 1. The van der Waals surface area contributed by atoms with Crippen molar-refractivity contribution >= 4 is 22.0 Å². The third kappa shape index (κ3) is 6.02. The normalized spacial score (nSPS) is 18.0. The first-order valence-electron chi connectivity index (χ1n) is 10.2. The van der Waals surface area contributed by atoms with E-state index in [1.54, 1.807) is 20.8 Å². The standard InChI is InChI=1S/C21H32N2O6S/c1-13-9-15(3)20(16(4)10-13)30(27,28)23-7-5-17(6-8-23)29-19(24)12-14(2)11-18(22)21(25)26/h9-10,14,17-18H,5-8,11-12,22H2,1-4H3,(H,25,26)/t14?,18-/m0/s1. The highest BCUT2D eigenvalue weighted by atomic mass is 32.2. The molecule has 1 aromatic carbocycles. The first-order chi connectivity index (χ1) is 13.9. The van der Waals surface area contributed by atoms with E-state index in [2.05, 4.69) is 0 Å². The Hall–Kier alpha value is -1.97. The van der Waals surface area contributed by atoms with Crippen molar-refractivity contribution in [1.82, 2.24) is 4.31 Å². The molecule has 1 unspecified atom stereocenters. The third-order valence-corrected chi connectivity index (χ3v) is 7.60. The van der Waals surface area contributed by atoms with Crippen LogP contribution in [0.1, 0.15) is 49.3 Å². The van der Waals surface area contributed by atoms with E-state index in [0.29, 0.717) is 17.7 Å². The topological polar surface area (TPSA) is 127 Å². The van der Waals surface area contributed by atoms with Crippen LogP contribution in [0.15, 0.2) is 17.0 Å². The zero-order chi connectivity index (χ0) is 22.6. The number of carbonyl (C=O) groups excluding carboxylic acids is 1. The first-order valence-corrected chi connectivity index (χ1v) is 11.6. The molecule has 168 valence electrons. The van der Waals surface area contributed by atoms with E-state index < -0.39 is 28.0 Å². The Labute approximate surface area is 178 Å². The Balaban J connectivity index is 1.92. The summed E-state index contributed by atoms with van der Waals surface area (Å²) in [5.74, 6) is -1.72. The molecule has 1 aromatic rings. The van der Waals surface area contributed by atoms with Crippen LogP contribution in [0.3, 0.4) is 0 Å². The van der Waals surface area contributed by atoms with E-state index in [0.717, 1.165) is 16.7 Å². The average Bonchev–Trinajstić information content (AvgIpc) is 2.60. The number of ether oxygens (including phenoxy) is 1. The monoisotopic (exact) mass is 440 g/mol. The van der Waals surface area contributed by atoms with Gasteiger partial charge in [-0.1, -0.05) is 24.6 Å². The summed E-state index contributed by atoms with van der Waals surface area (Å²) < 4.78 is 33.2. The molecule has 0 saturated carbocycles. The number of nitrogens with two attached hydrogens (primary N) is 1. The molecular weight excluding hydrogens is 408 g/mol. The lowest BCUT2D eigenvalue weighted by molar-refractivity contribution is -0.152. The molecular formula is C21H32N2O6S. The van der Waals surface area contributed by atoms with Gasteiger partial charge in [0.25, 0.3) is 0 Å². The van der Waals surface area contributed by atoms with Crippen LogP contribution in [0.25, 0.3) is 0 Å². The van der Waals surface area contributed by atoms with Crippen molar-refractivity contribution in [2.75, 3.05) is 13.1 Å². The van der Waals surface area contributed by atoms with Crippen LogP contribution >= 0.6 is 0 Å². The zero-order valence-electron chi connectivity index (χ0n) is 18.1. The highest BCUT2D eigenvalue weighted by Crippen LogP contribution is 2.28. The van der Waals surface area contributed by atoms with Gasteiger partial charge in [-0.15, -0.1) is 0 Å². The van der Waals surface area contributed by atoms with Crippen LogP contribution in [0.2, 0.25) is 0 Å². The van der Waals surface area contributed by atoms with Crippen molar-refractivity contribution in [3.63, 3.8) is 0 Å². The van der Waals surface area contributed by atoms with Crippen LogP contribution in [0, 0.1) is 26.7 Å². The van der Waals surface area contributed by atoms with Gasteiger partial charge in [0.05, 0.1) is 4.90 Å². The number of benzene rings is 1. The molecule has 8 nitrogen and oxygen atoms in total. The van der Waals surface area contributed by atoms with Crippen molar-refractivity contribution in [2.24, 2.45) is 11.7 Å². The van der Waals surface area contributed by atoms with E-state index in [1.165, 1.54) is 4.31 Å². The summed E-state index contributed by atoms with van der Waals surface area (Å²) in [4.78, 5) is 23.3. The summed E-state index contributed by atoms with van der Waals surface area (Å²) >= 11 is 0. The number of piperidine rings is 1. The van der Waals surface area contributed by atoms with E-state index >= 15 is 0 Å². The summed E-state index contributed by atoms with van der Waals surface area (Å²) in [7, 11) is -3.61. The minimum Gasteiger partial charge on any atom is -0.480 e. The van der Waals surface area contributed by atoms with Gasteiger partial charge in [0.2, 0.25) is 10.0 Å². The quantitative estimate of drug-likeness (QED) is 0.593. The Kier molecular flexibility index (Phi) is 8.01. The first kappa shape index (κ1) is 24.3. The van der Waals surface area contributed by atoms with Crippen LogP contribution in [0.4, 0.5) is 0 Å². The molecule has 0 radical (unpaired) electrons. The molecule has 30 heavy (non-hydrogen) atoms. The van der Waals surface area contributed by atoms with Crippen molar-refractivity contribution in [1.29, 1.82) is 0 Å². The van der Waals surface area contributed by atoms with E-state index in [-0.39, 0.29) is 38.0 Å². The molecule has 1 aliphatic rings. The van der Waals surface area contributed by atoms with Gasteiger partial charge >= 0.3 is 11.9 Å². The van der Waals surface area contributed by atoms with Crippen LogP contribution in [-0.4, -0.2) is 55.0 Å². The molecule has 1 fully saturated rings. The van der Waals surface area contributed by atoms with Gasteiger partial charge in [-0.05, 0) is 57.1 Å². The summed E-state index contributed by atoms with van der Waals surface area (Å²) in [5, 5.41) is 8.85. The number of carbonyl (C=O) groups is 2. The molecule has 0 bridgehead atoms. The third-order valence-electron chi connectivity index (χ3n) is 5.39. The lowest BCUT2D eigenvalue weighted by atomic mass is 9.99. The molecule has 3 N–H and O–H groups in total. The molecule has 2 atom stereocenters. The number of aryl methyl sites for hydroxylation is 3. The predicted octanol–water partition coefficient (Wildman–Crippen LogP) is 2.14.